The van der Waals surface area contributed by atoms with Crippen molar-refractivity contribution in [3.8, 4) is 0 Å². The Balaban J connectivity index is 1.89. The Bertz CT molecular complexity index is 439. The Kier molecular flexibility index (Phi) is 3.93. The third-order valence-corrected chi connectivity index (χ3v) is 3.22. The molecule has 1 aromatic rings. The summed E-state index contributed by atoms with van der Waals surface area (Å²) >= 11 is 0. The first-order valence-electron chi connectivity index (χ1n) is 6.00. The predicted octanol–water partition coefficient (Wildman–Crippen LogP) is 0.679. The summed E-state index contributed by atoms with van der Waals surface area (Å²) in [4.78, 5) is 13.3. The predicted molar refractivity (Wildman–Crippen MR) is 65.4 cm³/mol. The van der Waals surface area contributed by atoms with Crippen LogP contribution in [0.4, 0.5) is 4.39 Å². The van der Waals surface area contributed by atoms with Gasteiger partial charge in [0.2, 0.25) is 5.91 Å². The number of hydrogen-bond donors (Lipinski definition) is 2. The molecule has 4 nitrogen and oxygen atoms in total. The number of aliphatic hydroxyl groups is 1. The van der Waals surface area contributed by atoms with Crippen LogP contribution >= 0.6 is 0 Å². The van der Waals surface area contributed by atoms with Gasteiger partial charge in [-0.05, 0) is 24.1 Å². The topological polar surface area (TPSA) is 52.6 Å². The van der Waals surface area contributed by atoms with Gasteiger partial charge in [-0.1, -0.05) is 12.1 Å². The molecule has 1 aliphatic heterocycles. The largest absolute Gasteiger partial charge is 0.387 e. The molecule has 2 atom stereocenters. The number of likely N-dealkylation sites (tertiary alicyclic amines) is 1. The third kappa shape index (κ3) is 2.86. The highest BCUT2D eigenvalue weighted by Crippen LogP contribution is 2.15. The number of nitrogens with zero attached hydrogens (tertiary/aromatic N) is 1. The summed E-state index contributed by atoms with van der Waals surface area (Å²) in [7, 11) is 1.76. The molecule has 1 aromatic carbocycles. The van der Waals surface area contributed by atoms with E-state index in [1.165, 1.54) is 12.1 Å². The van der Waals surface area contributed by atoms with Gasteiger partial charge in [0.15, 0.2) is 0 Å². The van der Waals surface area contributed by atoms with Crippen LogP contribution in [0.3, 0.4) is 0 Å². The molecular weight excluding hydrogens is 235 g/mol. The van der Waals surface area contributed by atoms with Crippen molar-refractivity contribution in [2.24, 2.45) is 0 Å². The van der Waals surface area contributed by atoms with E-state index in [-0.39, 0.29) is 24.3 Å². The number of rotatable bonds is 4. The van der Waals surface area contributed by atoms with Gasteiger partial charge in [-0.3, -0.25) is 4.79 Å². The van der Waals surface area contributed by atoms with Crippen molar-refractivity contribution < 1.29 is 14.3 Å². The van der Waals surface area contributed by atoms with Crippen molar-refractivity contribution in [3.05, 3.63) is 35.6 Å². The molecular formula is C13H17FN2O2. The SMILES string of the molecule is CN1CCC(NCC(O)c2cccc(F)c2)C1=O. The van der Waals surface area contributed by atoms with Crippen LogP contribution in [0.15, 0.2) is 24.3 Å². The van der Waals surface area contributed by atoms with Gasteiger partial charge in [-0.25, -0.2) is 4.39 Å². The zero-order valence-electron chi connectivity index (χ0n) is 10.3. The number of amides is 1. The van der Waals surface area contributed by atoms with Gasteiger partial charge in [0.25, 0.3) is 0 Å². The molecule has 0 aliphatic carbocycles. The van der Waals surface area contributed by atoms with E-state index in [2.05, 4.69) is 5.32 Å². The monoisotopic (exact) mass is 252 g/mol. The molecule has 1 amide bonds. The first kappa shape index (κ1) is 13.0. The minimum atomic E-state index is -0.806. The zero-order chi connectivity index (χ0) is 13.1. The fourth-order valence-corrected chi connectivity index (χ4v) is 2.10. The van der Waals surface area contributed by atoms with Gasteiger partial charge in [0.1, 0.15) is 5.82 Å². The second-order valence-electron chi connectivity index (χ2n) is 4.58. The van der Waals surface area contributed by atoms with Crippen LogP contribution in [0, 0.1) is 5.82 Å². The minimum absolute atomic E-state index is 0.0430. The molecule has 2 N–H and O–H groups in total. The van der Waals surface area contributed by atoms with Crippen LogP contribution in [0.2, 0.25) is 0 Å². The van der Waals surface area contributed by atoms with Gasteiger partial charge in [0, 0.05) is 20.1 Å². The summed E-state index contributed by atoms with van der Waals surface area (Å²) in [5.41, 5.74) is 0.515. The average Bonchev–Trinajstić information content (AvgIpc) is 2.67. The minimum Gasteiger partial charge on any atom is -0.387 e. The van der Waals surface area contributed by atoms with Crippen molar-refractivity contribution >= 4 is 5.91 Å². The molecule has 0 radical (unpaired) electrons. The molecule has 0 aromatic heterocycles. The van der Waals surface area contributed by atoms with Crippen LogP contribution in [0.25, 0.3) is 0 Å². The highest BCUT2D eigenvalue weighted by molar-refractivity contribution is 5.83. The van der Waals surface area contributed by atoms with Gasteiger partial charge in [0.05, 0.1) is 12.1 Å². The number of likely N-dealkylation sites (N-methyl/N-ethyl adjacent to an activating group) is 1. The molecule has 18 heavy (non-hydrogen) atoms. The third-order valence-electron chi connectivity index (χ3n) is 3.22. The van der Waals surface area contributed by atoms with E-state index < -0.39 is 6.10 Å². The Morgan fingerprint density at radius 2 is 2.39 bits per heavy atom. The number of aliphatic hydroxyl groups excluding tert-OH is 1. The van der Waals surface area contributed by atoms with Gasteiger partial charge >= 0.3 is 0 Å². The van der Waals surface area contributed by atoms with Crippen molar-refractivity contribution in [2.75, 3.05) is 20.1 Å². The van der Waals surface area contributed by atoms with Crippen LogP contribution in [-0.4, -0.2) is 42.1 Å². The molecule has 1 aliphatic rings. The lowest BCUT2D eigenvalue weighted by Gasteiger charge is -2.16. The maximum absolute atomic E-state index is 13.0. The van der Waals surface area contributed by atoms with E-state index in [9.17, 15) is 14.3 Å². The maximum Gasteiger partial charge on any atom is 0.239 e. The van der Waals surface area contributed by atoms with Crippen LogP contribution in [-0.2, 0) is 4.79 Å². The number of halogens is 1. The Morgan fingerprint density at radius 1 is 1.61 bits per heavy atom. The fourth-order valence-electron chi connectivity index (χ4n) is 2.10. The summed E-state index contributed by atoms with van der Waals surface area (Å²) in [6, 6.07) is 5.62. The summed E-state index contributed by atoms with van der Waals surface area (Å²) in [5, 5.41) is 12.9. The molecule has 1 heterocycles. The average molecular weight is 252 g/mol. The normalized spacial score (nSPS) is 21.4. The van der Waals surface area contributed by atoms with Crippen LogP contribution in [0.5, 0.6) is 0 Å². The molecule has 1 fully saturated rings. The first-order valence-corrected chi connectivity index (χ1v) is 6.00. The second kappa shape index (κ2) is 5.46. The van der Waals surface area contributed by atoms with E-state index in [0.29, 0.717) is 5.56 Å². The van der Waals surface area contributed by atoms with Crippen molar-refractivity contribution in [1.82, 2.24) is 10.2 Å². The van der Waals surface area contributed by atoms with E-state index in [4.69, 9.17) is 0 Å². The summed E-state index contributed by atoms with van der Waals surface area (Å²) in [6.45, 7) is 0.972. The highest BCUT2D eigenvalue weighted by atomic mass is 19.1. The number of hydrogen-bond acceptors (Lipinski definition) is 3. The number of carbonyl (C=O) groups excluding carboxylic acids is 1. The molecule has 0 saturated carbocycles. The molecule has 5 heteroatoms. The standard InChI is InChI=1S/C13H17FN2O2/c1-16-6-5-11(13(16)18)15-8-12(17)9-3-2-4-10(14)7-9/h2-4,7,11-12,15,17H,5-6,8H2,1H3. The molecule has 0 spiro atoms. The van der Waals surface area contributed by atoms with Crippen molar-refractivity contribution in [3.63, 3.8) is 0 Å². The maximum atomic E-state index is 13.0. The number of carbonyl (C=O) groups is 1. The number of nitrogens with one attached hydrogen (secondary N) is 1. The summed E-state index contributed by atoms with van der Waals surface area (Å²) in [6.07, 6.45) is -0.0648. The van der Waals surface area contributed by atoms with E-state index in [1.54, 1.807) is 24.1 Å². The quantitative estimate of drug-likeness (QED) is 0.828. The zero-order valence-corrected chi connectivity index (χ0v) is 10.3. The van der Waals surface area contributed by atoms with Crippen LogP contribution < -0.4 is 5.32 Å². The van der Waals surface area contributed by atoms with Crippen molar-refractivity contribution in [1.29, 1.82) is 0 Å². The smallest absolute Gasteiger partial charge is 0.239 e. The first-order chi connectivity index (χ1) is 8.58. The Morgan fingerprint density at radius 3 is 3.00 bits per heavy atom. The number of benzene rings is 1. The van der Waals surface area contributed by atoms with Gasteiger partial charge in [-0.2, -0.15) is 0 Å². The molecule has 98 valence electrons. The molecule has 2 rings (SSSR count). The summed E-state index contributed by atoms with van der Waals surface area (Å²) in [5.74, 6) is -0.329. The Labute approximate surface area is 105 Å². The van der Waals surface area contributed by atoms with E-state index in [0.717, 1.165) is 13.0 Å². The fraction of sp³-hybridized carbons (Fsp3) is 0.462. The lowest BCUT2D eigenvalue weighted by atomic mass is 10.1. The lowest BCUT2D eigenvalue weighted by Crippen LogP contribution is -2.38. The highest BCUT2D eigenvalue weighted by Gasteiger charge is 2.28. The van der Waals surface area contributed by atoms with Crippen LogP contribution in [0.1, 0.15) is 18.1 Å². The van der Waals surface area contributed by atoms with Gasteiger partial charge in [-0.15, -0.1) is 0 Å². The summed E-state index contributed by atoms with van der Waals surface area (Å²) < 4.78 is 13.0. The second-order valence-corrected chi connectivity index (χ2v) is 4.58. The van der Waals surface area contributed by atoms with Crippen molar-refractivity contribution in [2.45, 2.75) is 18.6 Å². The van der Waals surface area contributed by atoms with Gasteiger partial charge < -0.3 is 15.3 Å². The molecule has 2 unspecified atom stereocenters. The molecule has 0 bridgehead atoms. The van der Waals surface area contributed by atoms with E-state index >= 15 is 0 Å². The Hall–Kier alpha value is -1.46. The molecule has 1 saturated heterocycles. The van der Waals surface area contributed by atoms with E-state index in [1.807, 2.05) is 0 Å². The lowest BCUT2D eigenvalue weighted by molar-refractivity contribution is -0.128.